The third-order valence-electron chi connectivity index (χ3n) is 0.655. The van der Waals surface area contributed by atoms with Crippen molar-refractivity contribution in [2.75, 3.05) is 0 Å². The molecule has 0 heterocycles. The predicted octanol–water partition coefficient (Wildman–Crippen LogP) is 0.319. The molecule has 0 saturated carbocycles. The van der Waals surface area contributed by atoms with Crippen LogP contribution in [0.2, 0.25) is 0 Å². The first kappa shape index (κ1) is 6.35. The topological polar surface area (TPSA) is 0 Å². The summed E-state index contributed by atoms with van der Waals surface area (Å²) >= 11 is 0. The zero-order valence-electron chi connectivity index (χ0n) is 3.02. The van der Waals surface area contributed by atoms with Gasteiger partial charge in [0.25, 0.3) is 0 Å². The van der Waals surface area contributed by atoms with Crippen LogP contribution in [0.3, 0.4) is 0 Å². The molecule has 0 bridgehead atoms. The van der Waals surface area contributed by atoms with Crippen LogP contribution in [0.5, 0.6) is 0 Å². The summed E-state index contributed by atoms with van der Waals surface area (Å²) in [7, 11) is 0. The summed E-state index contributed by atoms with van der Waals surface area (Å²) in [4.78, 5) is 0. The molecule has 0 fully saturated rings. The maximum atomic E-state index is 2.12. The third kappa shape index (κ3) is 1.71. The molecule has 1 heteroatoms. The van der Waals surface area contributed by atoms with Gasteiger partial charge in [-0.25, -0.2) is 0 Å². The Morgan fingerprint density at radius 3 is 1.67 bits per heavy atom. The molecular weight excluding hydrogens is 175 g/mol. The molecule has 0 atom stereocenters. The van der Waals surface area contributed by atoms with Crippen LogP contribution in [0.4, 0.5) is 0 Å². The van der Waals surface area contributed by atoms with Crippen LogP contribution in [0.25, 0.3) is 0 Å². The first-order valence-corrected chi connectivity index (χ1v) is 1.82. The van der Waals surface area contributed by atoms with E-state index in [2.05, 4.69) is 24.3 Å². The van der Waals surface area contributed by atoms with Crippen molar-refractivity contribution in [3.8, 4) is 0 Å². The normalized spacial score (nSPS) is 14.7. The number of hydrogen-bond acceptors (Lipinski definition) is 0. The Bertz CT molecular complexity index is 62.0. The van der Waals surface area contributed by atoms with E-state index in [1.165, 1.54) is 0 Å². The summed E-state index contributed by atoms with van der Waals surface area (Å²) in [5, 5.41) is 0. The van der Waals surface area contributed by atoms with E-state index in [4.69, 9.17) is 0 Å². The van der Waals surface area contributed by atoms with Crippen LogP contribution in [0.15, 0.2) is 24.3 Å². The van der Waals surface area contributed by atoms with Crippen molar-refractivity contribution in [2.24, 2.45) is 0 Å². The summed E-state index contributed by atoms with van der Waals surface area (Å²) in [6.45, 7) is 0. The summed E-state index contributed by atoms with van der Waals surface area (Å²) in [6, 6.07) is 0. The average Bonchev–Trinajstić information content (AvgIpc) is 1.76. The van der Waals surface area contributed by atoms with Crippen molar-refractivity contribution >= 4 is 25.8 Å². The van der Waals surface area contributed by atoms with Gasteiger partial charge >= 0.3 is 25.8 Å². The van der Waals surface area contributed by atoms with Gasteiger partial charge in [0, 0.05) is 0 Å². The second-order valence-corrected chi connectivity index (χ2v) is 1.09. The number of allylic oxidation sites excluding steroid dienone is 4. The molecule has 0 unspecified atom stereocenters. The molecule has 0 aliphatic heterocycles. The van der Waals surface area contributed by atoms with Gasteiger partial charge in [-0.15, -0.1) is 0 Å². The van der Waals surface area contributed by atoms with Gasteiger partial charge in [0.1, 0.15) is 0 Å². The van der Waals surface area contributed by atoms with Gasteiger partial charge in [0.15, 0.2) is 0 Å². The van der Waals surface area contributed by atoms with Gasteiger partial charge in [-0.1, -0.05) is 24.3 Å². The molecule has 0 radical (unpaired) electrons. The van der Waals surface area contributed by atoms with Crippen molar-refractivity contribution in [3.05, 3.63) is 24.3 Å². The van der Waals surface area contributed by atoms with E-state index < -0.39 is 0 Å². The second kappa shape index (κ2) is 3.54. The molecule has 1 aliphatic rings. The van der Waals surface area contributed by atoms with Crippen LogP contribution >= 0.6 is 0 Å². The Morgan fingerprint density at radius 2 is 1.50 bits per heavy atom. The first-order chi connectivity index (χ1) is 2.50. The minimum atomic E-state index is 0. The van der Waals surface area contributed by atoms with E-state index in [0.29, 0.717) is 0 Å². The summed E-state index contributed by atoms with van der Waals surface area (Å²) in [5.74, 6) is 0. The zero-order valence-corrected chi connectivity index (χ0v) is 3.02. The summed E-state index contributed by atoms with van der Waals surface area (Å²) < 4.78 is 0. The molecule has 0 N–H and O–H groups in total. The zero-order chi connectivity index (χ0) is 3.54. The van der Waals surface area contributed by atoms with Crippen molar-refractivity contribution in [2.45, 2.75) is 6.42 Å². The standard InChI is InChI=1S/C5H6.In.3H/c1-2-4-5-3-1;;;;/h1-4H,5H2;;;;. The van der Waals surface area contributed by atoms with Gasteiger partial charge in [-0.05, 0) is 6.42 Å². The molecule has 0 saturated heterocycles. The molecule has 0 spiro atoms. The molecule has 0 aromatic heterocycles. The fraction of sp³-hybridized carbons (Fsp3) is 0.200. The Kier molecular flexibility index (Phi) is 3.74. The molecule has 6 heavy (non-hydrogen) atoms. The van der Waals surface area contributed by atoms with Crippen LogP contribution in [-0.4, -0.2) is 25.8 Å². The van der Waals surface area contributed by atoms with Crippen LogP contribution in [0, 0.1) is 0 Å². The Balaban J connectivity index is 0.000000250. The average molecular weight is 184 g/mol. The summed E-state index contributed by atoms with van der Waals surface area (Å²) in [5.41, 5.74) is 0. The Labute approximate surface area is 56.7 Å². The van der Waals surface area contributed by atoms with E-state index >= 15 is 0 Å². The molecule has 32 valence electrons. The summed E-state index contributed by atoms with van der Waals surface area (Å²) in [6.07, 6.45) is 9.50. The molecule has 0 aromatic rings. The fourth-order valence-electron chi connectivity index (χ4n) is 0.393. The second-order valence-electron chi connectivity index (χ2n) is 1.09. The minimum absolute atomic E-state index is 0. The SMILES string of the molecule is C1=CCC=C1.[InH3]. The third-order valence-corrected chi connectivity index (χ3v) is 0.655. The van der Waals surface area contributed by atoms with Gasteiger partial charge in [-0.2, -0.15) is 0 Å². The molecule has 1 rings (SSSR count). The van der Waals surface area contributed by atoms with Gasteiger partial charge in [0.2, 0.25) is 0 Å². The first-order valence-electron chi connectivity index (χ1n) is 1.82. The van der Waals surface area contributed by atoms with Crippen molar-refractivity contribution in [3.63, 3.8) is 0 Å². The van der Waals surface area contributed by atoms with Crippen LogP contribution in [0.1, 0.15) is 6.42 Å². The Hall–Kier alpha value is 0.350. The molecule has 1 aliphatic carbocycles. The fourth-order valence-corrected chi connectivity index (χ4v) is 0.393. The quantitative estimate of drug-likeness (QED) is 0.508. The van der Waals surface area contributed by atoms with Gasteiger partial charge < -0.3 is 0 Å². The van der Waals surface area contributed by atoms with E-state index in [-0.39, 0.29) is 25.8 Å². The van der Waals surface area contributed by atoms with Gasteiger partial charge in [0.05, 0.1) is 0 Å². The molecule has 0 nitrogen and oxygen atoms in total. The van der Waals surface area contributed by atoms with E-state index in [1.807, 2.05) is 0 Å². The van der Waals surface area contributed by atoms with E-state index in [1.54, 1.807) is 0 Å². The van der Waals surface area contributed by atoms with Crippen LogP contribution in [-0.2, 0) is 0 Å². The monoisotopic (exact) mass is 184 g/mol. The van der Waals surface area contributed by atoms with Crippen molar-refractivity contribution < 1.29 is 0 Å². The van der Waals surface area contributed by atoms with Crippen molar-refractivity contribution in [1.82, 2.24) is 0 Å². The van der Waals surface area contributed by atoms with Gasteiger partial charge in [-0.3, -0.25) is 0 Å². The van der Waals surface area contributed by atoms with E-state index in [0.717, 1.165) is 6.42 Å². The predicted molar refractivity (Wildman–Crippen MR) is 32.8 cm³/mol. The molecule has 0 amide bonds. The number of hydrogen-bond donors (Lipinski definition) is 0. The molecular formula is C5H9In. The van der Waals surface area contributed by atoms with Crippen LogP contribution < -0.4 is 0 Å². The van der Waals surface area contributed by atoms with Crippen molar-refractivity contribution in [1.29, 1.82) is 0 Å². The maximum absolute atomic E-state index is 2.12. The number of rotatable bonds is 0. The van der Waals surface area contributed by atoms with E-state index in [9.17, 15) is 0 Å². The Morgan fingerprint density at radius 1 is 1.00 bits per heavy atom. The molecule has 0 aromatic carbocycles.